The molecule has 2 aliphatic heterocycles. The van der Waals surface area contributed by atoms with Gasteiger partial charge in [0.1, 0.15) is 0 Å². The molecule has 2 aliphatic rings. The van der Waals surface area contributed by atoms with Gasteiger partial charge in [0.2, 0.25) is 5.91 Å². The molecule has 0 spiro atoms. The summed E-state index contributed by atoms with van der Waals surface area (Å²) in [6.07, 6.45) is 1.31. The number of hydrogen-bond acceptors (Lipinski definition) is 4. The fourth-order valence-corrected chi connectivity index (χ4v) is 3.66. The van der Waals surface area contributed by atoms with Gasteiger partial charge in [0.05, 0.1) is 6.04 Å². The highest BCUT2D eigenvalue weighted by molar-refractivity contribution is 7.99. The van der Waals surface area contributed by atoms with Gasteiger partial charge in [-0.15, -0.1) is 0 Å². The van der Waals surface area contributed by atoms with Crippen LogP contribution in [0.25, 0.3) is 0 Å². The van der Waals surface area contributed by atoms with Gasteiger partial charge in [-0.25, -0.2) is 0 Å². The summed E-state index contributed by atoms with van der Waals surface area (Å²) >= 11 is 2.05. The Morgan fingerprint density at radius 1 is 1.38 bits per heavy atom. The van der Waals surface area contributed by atoms with Gasteiger partial charge >= 0.3 is 0 Å². The van der Waals surface area contributed by atoms with E-state index in [1.54, 1.807) is 6.92 Å². The lowest BCUT2D eigenvalue weighted by atomic mass is 10.2. The first kappa shape index (κ1) is 12.2. The molecule has 4 nitrogen and oxygen atoms in total. The van der Waals surface area contributed by atoms with Crippen LogP contribution in [0.4, 0.5) is 0 Å². The van der Waals surface area contributed by atoms with Crippen molar-refractivity contribution in [2.75, 3.05) is 37.7 Å². The summed E-state index contributed by atoms with van der Waals surface area (Å²) in [6.45, 7) is 5.50. The van der Waals surface area contributed by atoms with Crippen LogP contribution in [0.1, 0.15) is 13.3 Å². The number of piperazine rings is 1. The van der Waals surface area contributed by atoms with E-state index in [9.17, 15) is 4.79 Å². The molecule has 92 valence electrons. The molecule has 2 fully saturated rings. The van der Waals surface area contributed by atoms with E-state index < -0.39 is 0 Å². The predicted octanol–water partition coefficient (Wildman–Crippen LogP) is -0.0167. The quantitative estimate of drug-likeness (QED) is 0.741. The van der Waals surface area contributed by atoms with E-state index in [2.05, 4.69) is 4.90 Å². The van der Waals surface area contributed by atoms with Crippen molar-refractivity contribution in [3.63, 3.8) is 0 Å². The van der Waals surface area contributed by atoms with E-state index in [0.717, 1.165) is 32.2 Å². The second kappa shape index (κ2) is 5.38. The summed E-state index contributed by atoms with van der Waals surface area (Å²) in [7, 11) is 0. The molecule has 2 saturated heterocycles. The van der Waals surface area contributed by atoms with Crippen molar-refractivity contribution in [1.82, 2.24) is 9.80 Å². The van der Waals surface area contributed by atoms with Gasteiger partial charge in [-0.1, -0.05) is 0 Å². The fraction of sp³-hybridized carbons (Fsp3) is 0.909. The Morgan fingerprint density at radius 3 is 2.56 bits per heavy atom. The smallest absolute Gasteiger partial charge is 0.239 e. The minimum atomic E-state index is -0.353. The third-order valence-electron chi connectivity index (χ3n) is 3.44. The van der Waals surface area contributed by atoms with Crippen LogP contribution in [0.15, 0.2) is 0 Å². The average molecular weight is 243 g/mol. The predicted molar refractivity (Wildman–Crippen MR) is 67.5 cm³/mol. The van der Waals surface area contributed by atoms with Crippen LogP contribution < -0.4 is 5.73 Å². The summed E-state index contributed by atoms with van der Waals surface area (Å²) in [6, 6.07) is 0.395. The number of thioether (sulfide) groups is 1. The first-order chi connectivity index (χ1) is 7.68. The van der Waals surface area contributed by atoms with E-state index in [1.807, 2.05) is 16.7 Å². The Bertz CT molecular complexity index is 246. The average Bonchev–Trinajstić information content (AvgIpc) is 2.81. The molecule has 2 rings (SSSR count). The van der Waals surface area contributed by atoms with Crippen LogP contribution in [0.2, 0.25) is 0 Å². The number of nitrogens with two attached hydrogens (primary N) is 1. The molecule has 0 saturated carbocycles. The Kier molecular flexibility index (Phi) is 4.10. The van der Waals surface area contributed by atoms with Crippen LogP contribution in [0, 0.1) is 0 Å². The van der Waals surface area contributed by atoms with Crippen molar-refractivity contribution in [3.05, 3.63) is 0 Å². The minimum absolute atomic E-state index is 0.0976. The standard InChI is InChI=1S/C11H21N3OS/c1-9(12)11(15)14-5-3-13(4-6-14)10-2-7-16-8-10/h9-10H,2-8,12H2,1H3. The summed E-state index contributed by atoms with van der Waals surface area (Å²) in [5.74, 6) is 2.66. The zero-order valence-electron chi connectivity index (χ0n) is 9.89. The van der Waals surface area contributed by atoms with Gasteiger partial charge in [0, 0.05) is 38.0 Å². The lowest BCUT2D eigenvalue weighted by Crippen LogP contribution is -2.54. The minimum Gasteiger partial charge on any atom is -0.339 e. The van der Waals surface area contributed by atoms with E-state index >= 15 is 0 Å². The highest BCUT2D eigenvalue weighted by Gasteiger charge is 2.28. The van der Waals surface area contributed by atoms with Crippen molar-refractivity contribution in [3.8, 4) is 0 Å². The normalized spacial score (nSPS) is 29.4. The molecule has 0 radical (unpaired) electrons. The molecule has 0 bridgehead atoms. The van der Waals surface area contributed by atoms with Crippen molar-refractivity contribution < 1.29 is 4.79 Å². The highest BCUT2D eigenvalue weighted by Crippen LogP contribution is 2.23. The maximum absolute atomic E-state index is 11.7. The zero-order valence-corrected chi connectivity index (χ0v) is 10.7. The van der Waals surface area contributed by atoms with Gasteiger partial charge in [0.25, 0.3) is 0 Å². The highest BCUT2D eigenvalue weighted by atomic mass is 32.2. The molecule has 0 aromatic heterocycles. The summed E-state index contributed by atoms with van der Waals surface area (Å²) in [5, 5.41) is 0. The second-order valence-electron chi connectivity index (χ2n) is 4.67. The maximum atomic E-state index is 11.7. The van der Waals surface area contributed by atoms with Crippen molar-refractivity contribution >= 4 is 17.7 Å². The van der Waals surface area contributed by atoms with Gasteiger partial charge in [-0.3, -0.25) is 9.69 Å². The zero-order chi connectivity index (χ0) is 11.5. The Balaban J connectivity index is 1.80. The molecule has 2 atom stereocenters. The molecule has 2 N–H and O–H groups in total. The number of rotatable bonds is 2. The van der Waals surface area contributed by atoms with Crippen LogP contribution in [0.3, 0.4) is 0 Å². The largest absolute Gasteiger partial charge is 0.339 e. The molecule has 0 aromatic carbocycles. The van der Waals surface area contributed by atoms with Gasteiger partial charge < -0.3 is 10.6 Å². The fourth-order valence-electron chi connectivity index (χ4n) is 2.41. The van der Waals surface area contributed by atoms with Crippen molar-refractivity contribution in [2.45, 2.75) is 25.4 Å². The molecule has 2 heterocycles. The first-order valence-corrected chi connectivity index (χ1v) is 7.20. The number of carbonyl (C=O) groups excluding carboxylic acids is 1. The number of carbonyl (C=O) groups is 1. The third-order valence-corrected chi connectivity index (χ3v) is 4.58. The van der Waals surface area contributed by atoms with Crippen LogP contribution in [-0.2, 0) is 4.79 Å². The number of amides is 1. The Labute approximate surface area is 102 Å². The first-order valence-electron chi connectivity index (χ1n) is 6.04. The second-order valence-corrected chi connectivity index (χ2v) is 5.82. The van der Waals surface area contributed by atoms with E-state index in [0.29, 0.717) is 0 Å². The monoisotopic (exact) mass is 243 g/mol. The van der Waals surface area contributed by atoms with E-state index in [-0.39, 0.29) is 11.9 Å². The van der Waals surface area contributed by atoms with Crippen LogP contribution >= 0.6 is 11.8 Å². The molecule has 0 aliphatic carbocycles. The van der Waals surface area contributed by atoms with Gasteiger partial charge in [0.15, 0.2) is 0 Å². The number of nitrogens with zero attached hydrogens (tertiary/aromatic N) is 2. The topological polar surface area (TPSA) is 49.6 Å². The molecular formula is C11H21N3OS. The van der Waals surface area contributed by atoms with Gasteiger partial charge in [-0.2, -0.15) is 11.8 Å². The van der Waals surface area contributed by atoms with Crippen LogP contribution in [-0.4, -0.2) is 65.5 Å². The maximum Gasteiger partial charge on any atom is 0.239 e. The molecule has 16 heavy (non-hydrogen) atoms. The SMILES string of the molecule is CC(N)C(=O)N1CCN(C2CCSC2)CC1. The molecule has 1 amide bonds. The Morgan fingerprint density at radius 2 is 2.06 bits per heavy atom. The van der Waals surface area contributed by atoms with Crippen LogP contribution in [0.5, 0.6) is 0 Å². The van der Waals surface area contributed by atoms with Gasteiger partial charge in [-0.05, 0) is 19.1 Å². The Hall–Kier alpha value is -0.260. The molecule has 5 heteroatoms. The van der Waals surface area contributed by atoms with E-state index in [1.165, 1.54) is 17.9 Å². The van der Waals surface area contributed by atoms with Crippen molar-refractivity contribution in [1.29, 1.82) is 0 Å². The van der Waals surface area contributed by atoms with E-state index in [4.69, 9.17) is 5.73 Å². The van der Waals surface area contributed by atoms with Crippen molar-refractivity contribution in [2.24, 2.45) is 5.73 Å². The summed E-state index contributed by atoms with van der Waals surface area (Å²) < 4.78 is 0. The summed E-state index contributed by atoms with van der Waals surface area (Å²) in [4.78, 5) is 16.1. The molecule has 2 unspecified atom stereocenters. The number of hydrogen-bond donors (Lipinski definition) is 1. The lowest BCUT2D eigenvalue weighted by molar-refractivity contribution is -0.134. The molecule has 0 aromatic rings. The molecular weight excluding hydrogens is 222 g/mol. The third kappa shape index (κ3) is 2.70. The lowest BCUT2D eigenvalue weighted by Gasteiger charge is -2.38. The summed E-state index contributed by atoms with van der Waals surface area (Å²) in [5.41, 5.74) is 5.62.